The predicted octanol–water partition coefficient (Wildman–Crippen LogP) is 12.3. The van der Waals surface area contributed by atoms with Crippen molar-refractivity contribution in [2.45, 2.75) is 0 Å². The van der Waals surface area contributed by atoms with Crippen LogP contribution >= 0.6 is 0 Å². The predicted molar refractivity (Wildman–Crippen MR) is 248 cm³/mol. The molecule has 13 rings (SSSR count). The van der Waals surface area contributed by atoms with Gasteiger partial charge in [0.2, 0.25) is 6.33 Å². The molecule has 0 N–H and O–H groups in total. The number of aryl methyl sites for hydroxylation is 1. The van der Waals surface area contributed by atoms with Crippen molar-refractivity contribution in [1.29, 1.82) is 0 Å². The molecule has 0 spiro atoms. The molecule has 0 saturated heterocycles. The van der Waals surface area contributed by atoms with Crippen LogP contribution in [0.3, 0.4) is 0 Å². The summed E-state index contributed by atoms with van der Waals surface area (Å²) in [4.78, 5) is 5.04. The Hall–Kier alpha value is -7.73. The molecule has 8 aromatic carbocycles. The standard InChI is InChI=1S/C55H34N6O.Pt/c1-57-35-58(47-28-13-12-27-46(47)57)38-21-16-22-39(33-38)62-40-30-31-43-48(34-40)61(49-29-14-15-32-56-49)54-51(43)50-41-23-8-10-25-44(41)59(36-17-4-2-5-18-36)53(50)52-42-24-9-11-26-45(42)60(55(52)54)37-19-6-3-7-20-37;/h2-32H,1H3;/q-2;. The number of imidazole rings is 1. The maximum absolute atomic E-state index is 6.71. The number of hydrogen-bond acceptors (Lipinski definition) is 2. The number of benzene rings is 8. The van der Waals surface area contributed by atoms with Crippen molar-refractivity contribution < 1.29 is 30.4 Å². The van der Waals surface area contributed by atoms with E-state index in [1.807, 2.05) is 70.9 Å². The smallest absolute Gasteiger partial charge is 0.242 e. The number of hydrogen-bond donors (Lipinski definition) is 0. The molecule has 5 aromatic heterocycles. The molecule has 0 atom stereocenters. The number of aromatic nitrogens is 6. The third kappa shape index (κ3) is 5.49. The molecule has 0 radical (unpaired) electrons. The Morgan fingerprint density at radius 1 is 0.476 bits per heavy atom. The van der Waals surface area contributed by atoms with Gasteiger partial charge in [-0.2, -0.15) is 18.2 Å². The van der Waals surface area contributed by atoms with E-state index in [1.54, 1.807) is 0 Å². The first-order valence-electron chi connectivity index (χ1n) is 20.7. The van der Waals surface area contributed by atoms with E-state index < -0.39 is 0 Å². The molecule has 8 heteroatoms. The van der Waals surface area contributed by atoms with Crippen LogP contribution in [0.5, 0.6) is 11.5 Å². The van der Waals surface area contributed by atoms with E-state index in [0.29, 0.717) is 11.5 Å². The fourth-order valence-electron chi connectivity index (χ4n) is 9.69. The Kier molecular flexibility index (Phi) is 8.50. The van der Waals surface area contributed by atoms with Gasteiger partial charge in [-0.3, -0.25) is 0 Å². The van der Waals surface area contributed by atoms with Gasteiger partial charge < -0.3 is 27.6 Å². The zero-order valence-corrected chi connectivity index (χ0v) is 36.1. The van der Waals surface area contributed by atoms with E-state index in [9.17, 15) is 0 Å². The minimum Gasteiger partial charge on any atom is -0.510 e. The van der Waals surface area contributed by atoms with Crippen molar-refractivity contribution >= 4 is 76.5 Å². The molecular formula is C55H34N6OPt-2. The molecule has 0 aliphatic rings. The maximum Gasteiger partial charge on any atom is 0.242 e. The molecule has 63 heavy (non-hydrogen) atoms. The fourth-order valence-corrected chi connectivity index (χ4v) is 9.69. The van der Waals surface area contributed by atoms with E-state index in [0.717, 1.165) is 83.2 Å². The topological polar surface area (TPSA) is 45.7 Å². The molecule has 0 bridgehead atoms. The molecule has 0 fully saturated rings. The summed E-state index contributed by atoms with van der Waals surface area (Å²) in [5, 5.41) is 6.85. The summed E-state index contributed by atoms with van der Waals surface area (Å²) in [5.74, 6) is 1.93. The van der Waals surface area contributed by atoms with Gasteiger partial charge in [-0.05, 0) is 53.9 Å². The minimum atomic E-state index is 0. The minimum absolute atomic E-state index is 0. The van der Waals surface area contributed by atoms with Crippen LogP contribution in [-0.4, -0.2) is 23.3 Å². The van der Waals surface area contributed by atoms with Crippen molar-refractivity contribution in [3.8, 4) is 34.4 Å². The normalized spacial score (nSPS) is 11.8. The Morgan fingerprint density at radius 2 is 1.06 bits per heavy atom. The van der Waals surface area contributed by atoms with Crippen LogP contribution in [0, 0.1) is 18.5 Å². The molecule has 5 heterocycles. The zero-order valence-electron chi connectivity index (χ0n) is 33.8. The second kappa shape index (κ2) is 14.4. The van der Waals surface area contributed by atoms with Gasteiger partial charge in [0.25, 0.3) is 0 Å². The van der Waals surface area contributed by atoms with E-state index in [2.05, 4.69) is 166 Å². The molecule has 0 unspecified atom stereocenters. The monoisotopic (exact) mass is 989 g/mol. The van der Waals surface area contributed by atoms with Gasteiger partial charge in [0.05, 0.1) is 45.7 Å². The third-order valence-electron chi connectivity index (χ3n) is 12.2. The summed E-state index contributed by atoms with van der Waals surface area (Å²) in [7, 11) is 2.00. The molecule has 13 aromatic rings. The van der Waals surface area contributed by atoms with Crippen LogP contribution in [0.25, 0.3) is 99.3 Å². The third-order valence-corrected chi connectivity index (χ3v) is 12.2. The van der Waals surface area contributed by atoms with Crippen molar-refractivity contribution in [2.75, 3.05) is 0 Å². The first-order chi connectivity index (χ1) is 30.7. The average Bonchev–Trinajstić information content (AvgIpc) is 4.06. The Morgan fingerprint density at radius 3 is 1.78 bits per heavy atom. The number of fused-ring (bicyclic) bond motifs is 13. The van der Waals surface area contributed by atoms with E-state index in [-0.39, 0.29) is 21.1 Å². The van der Waals surface area contributed by atoms with Gasteiger partial charge in [0, 0.05) is 71.7 Å². The molecule has 302 valence electrons. The van der Waals surface area contributed by atoms with Gasteiger partial charge in [-0.15, -0.1) is 29.7 Å². The van der Waals surface area contributed by atoms with Crippen LogP contribution < -0.4 is 9.30 Å². The second-order valence-corrected chi connectivity index (χ2v) is 15.6. The van der Waals surface area contributed by atoms with Gasteiger partial charge in [0.1, 0.15) is 5.82 Å². The summed E-state index contributed by atoms with van der Waals surface area (Å²) in [6.07, 6.45) is 5.29. The van der Waals surface area contributed by atoms with Crippen molar-refractivity contribution in [2.24, 2.45) is 7.05 Å². The Balaban J connectivity index is 0.00000421. The first kappa shape index (κ1) is 37.1. The molecular weight excluding hydrogens is 956 g/mol. The molecule has 7 nitrogen and oxygen atoms in total. The van der Waals surface area contributed by atoms with E-state index in [4.69, 9.17) is 9.72 Å². The van der Waals surface area contributed by atoms with Crippen LogP contribution in [0.1, 0.15) is 0 Å². The summed E-state index contributed by atoms with van der Waals surface area (Å²) < 4.78 is 17.9. The zero-order chi connectivity index (χ0) is 40.9. The van der Waals surface area contributed by atoms with Crippen LogP contribution in [0.2, 0.25) is 0 Å². The second-order valence-electron chi connectivity index (χ2n) is 15.6. The molecule has 0 aliphatic carbocycles. The van der Waals surface area contributed by atoms with Gasteiger partial charge in [-0.1, -0.05) is 114 Å². The van der Waals surface area contributed by atoms with Gasteiger partial charge in [0.15, 0.2) is 0 Å². The maximum atomic E-state index is 6.71. The van der Waals surface area contributed by atoms with E-state index in [1.165, 1.54) is 16.2 Å². The number of ether oxygens (including phenoxy) is 1. The number of pyridine rings is 1. The van der Waals surface area contributed by atoms with Crippen LogP contribution in [0.15, 0.2) is 188 Å². The van der Waals surface area contributed by atoms with E-state index >= 15 is 0 Å². The van der Waals surface area contributed by atoms with Gasteiger partial charge >= 0.3 is 0 Å². The van der Waals surface area contributed by atoms with Crippen LogP contribution in [0.4, 0.5) is 0 Å². The Bertz CT molecular complexity index is 3900. The molecule has 0 saturated carbocycles. The number of para-hydroxylation sites is 6. The van der Waals surface area contributed by atoms with Crippen LogP contribution in [-0.2, 0) is 28.1 Å². The number of nitrogens with zero attached hydrogens (tertiary/aromatic N) is 6. The fraction of sp³-hybridized carbons (Fsp3) is 0.0182. The summed E-state index contributed by atoms with van der Waals surface area (Å²) in [6.45, 7) is 0. The summed E-state index contributed by atoms with van der Waals surface area (Å²) in [6, 6.07) is 70.8. The van der Waals surface area contributed by atoms with Crippen molar-refractivity contribution in [1.82, 2.24) is 23.3 Å². The number of rotatable bonds is 6. The summed E-state index contributed by atoms with van der Waals surface area (Å²) >= 11 is 0. The van der Waals surface area contributed by atoms with Gasteiger partial charge in [-0.25, -0.2) is 4.98 Å². The SMILES string of the molecule is Cn1[c-][n+](-c2[c-]c(Oc3[c-]c4c(cc3)c3c5c6ccccc6n(-c6ccccc6)c5c5c6ccccc6n(-c6ccccc6)c5c3n4-c3ccccn3)ccc2)c2ccccc21.[Pt]. The molecule has 0 aliphatic heterocycles. The van der Waals surface area contributed by atoms with Crippen molar-refractivity contribution in [3.05, 3.63) is 207 Å². The average molecular weight is 990 g/mol. The molecule has 0 amide bonds. The van der Waals surface area contributed by atoms with Crippen molar-refractivity contribution in [3.63, 3.8) is 0 Å². The summed E-state index contributed by atoms with van der Waals surface area (Å²) in [5.41, 5.74) is 11.5. The first-order valence-corrected chi connectivity index (χ1v) is 20.7. The quantitative estimate of drug-likeness (QED) is 0.123. The Labute approximate surface area is 376 Å². The largest absolute Gasteiger partial charge is 0.510 e.